The van der Waals surface area contributed by atoms with Crippen LogP contribution >= 0.6 is 15.6 Å². The number of ether oxygens (including phenoxy) is 4. The van der Waals surface area contributed by atoms with Crippen molar-refractivity contribution in [2.75, 3.05) is 39.6 Å². The summed E-state index contributed by atoms with van der Waals surface area (Å²) in [6.07, 6.45) is 43.1. The number of esters is 4. The first-order chi connectivity index (χ1) is 43.1. The van der Waals surface area contributed by atoms with Gasteiger partial charge in [-0.25, -0.2) is 9.13 Å². The minimum atomic E-state index is -4.95. The molecule has 3 unspecified atom stereocenters. The van der Waals surface area contributed by atoms with Crippen LogP contribution in [0.1, 0.15) is 351 Å². The smallest absolute Gasteiger partial charge is 0.462 e. The summed E-state index contributed by atoms with van der Waals surface area (Å²) in [5.41, 5.74) is 0. The van der Waals surface area contributed by atoms with Crippen molar-refractivity contribution in [3.8, 4) is 0 Å². The second-order valence-electron chi connectivity index (χ2n) is 27.3. The van der Waals surface area contributed by atoms with E-state index in [-0.39, 0.29) is 25.7 Å². The van der Waals surface area contributed by atoms with Crippen molar-refractivity contribution < 1.29 is 80.2 Å². The van der Waals surface area contributed by atoms with Gasteiger partial charge in [0, 0.05) is 25.7 Å². The van der Waals surface area contributed by atoms with E-state index < -0.39 is 97.5 Å². The zero-order valence-electron chi connectivity index (χ0n) is 58.8. The van der Waals surface area contributed by atoms with Crippen LogP contribution < -0.4 is 0 Å². The summed E-state index contributed by atoms with van der Waals surface area (Å²) >= 11 is 0. The summed E-state index contributed by atoms with van der Waals surface area (Å²) in [5, 5.41) is 10.6. The molecule has 0 spiro atoms. The molecule has 6 atom stereocenters. The third-order valence-electron chi connectivity index (χ3n) is 16.7. The van der Waals surface area contributed by atoms with Crippen LogP contribution in [0.2, 0.25) is 0 Å². The Morgan fingerprint density at radius 2 is 0.533 bits per heavy atom. The van der Waals surface area contributed by atoms with Crippen LogP contribution in [0.5, 0.6) is 0 Å². The maximum atomic E-state index is 13.0. The average Bonchev–Trinajstić information content (AvgIpc) is 3.66. The van der Waals surface area contributed by atoms with Crippen LogP contribution in [0.3, 0.4) is 0 Å². The molecule has 0 amide bonds. The number of aliphatic hydroxyl groups excluding tert-OH is 1. The van der Waals surface area contributed by atoms with Crippen LogP contribution in [0.25, 0.3) is 0 Å². The van der Waals surface area contributed by atoms with Gasteiger partial charge < -0.3 is 33.8 Å². The van der Waals surface area contributed by atoms with Crippen molar-refractivity contribution in [1.82, 2.24) is 0 Å². The molecule has 0 aromatic rings. The molecule has 0 aliphatic heterocycles. The maximum absolute atomic E-state index is 13.0. The Bertz CT molecular complexity index is 1780. The summed E-state index contributed by atoms with van der Waals surface area (Å²) in [4.78, 5) is 72.5. The number of phosphoric acid groups is 2. The largest absolute Gasteiger partial charge is 0.472 e. The van der Waals surface area contributed by atoms with Gasteiger partial charge in [0.15, 0.2) is 12.2 Å². The lowest BCUT2D eigenvalue weighted by Gasteiger charge is -2.21. The molecule has 0 radical (unpaired) electrons. The molecule has 534 valence electrons. The van der Waals surface area contributed by atoms with E-state index in [1.54, 1.807) is 0 Å². The Morgan fingerprint density at radius 1 is 0.311 bits per heavy atom. The molecular weight excluding hydrogens is 1190 g/mol. The van der Waals surface area contributed by atoms with Crippen molar-refractivity contribution in [3.63, 3.8) is 0 Å². The number of carbonyl (C=O) groups is 4. The first-order valence-electron chi connectivity index (χ1n) is 36.7. The summed E-state index contributed by atoms with van der Waals surface area (Å²) in [7, 11) is -9.90. The molecule has 0 aliphatic rings. The highest BCUT2D eigenvalue weighted by Gasteiger charge is 2.30. The lowest BCUT2D eigenvalue weighted by atomic mass is 9.99. The number of unbranched alkanes of at least 4 members (excludes halogenated alkanes) is 33. The van der Waals surface area contributed by atoms with Gasteiger partial charge in [-0.2, -0.15) is 0 Å². The van der Waals surface area contributed by atoms with Crippen LogP contribution in [0.4, 0.5) is 0 Å². The number of hydrogen-bond donors (Lipinski definition) is 3. The molecule has 0 aliphatic carbocycles. The lowest BCUT2D eigenvalue weighted by Crippen LogP contribution is -2.30. The number of hydrogen-bond acceptors (Lipinski definition) is 15. The minimum Gasteiger partial charge on any atom is -0.462 e. The van der Waals surface area contributed by atoms with Gasteiger partial charge in [-0.15, -0.1) is 0 Å². The third-order valence-corrected chi connectivity index (χ3v) is 18.6. The molecular formula is C71H138O17P2. The van der Waals surface area contributed by atoms with Crippen molar-refractivity contribution >= 4 is 39.5 Å². The fraction of sp³-hybridized carbons (Fsp3) is 0.944. The molecule has 17 nitrogen and oxygen atoms in total. The van der Waals surface area contributed by atoms with E-state index in [1.807, 2.05) is 0 Å². The Morgan fingerprint density at radius 3 is 0.789 bits per heavy atom. The molecule has 3 N–H and O–H groups in total. The highest BCUT2D eigenvalue weighted by Crippen LogP contribution is 2.45. The number of rotatable bonds is 68. The fourth-order valence-corrected chi connectivity index (χ4v) is 12.2. The zero-order valence-corrected chi connectivity index (χ0v) is 60.6. The molecule has 0 rings (SSSR count). The van der Waals surface area contributed by atoms with Gasteiger partial charge in [-0.1, -0.05) is 299 Å². The van der Waals surface area contributed by atoms with Gasteiger partial charge in [-0.05, 0) is 49.4 Å². The van der Waals surface area contributed by atoms with Gasteiger partial charge in [-0.3, -0.25) is 37.3 Å². The summed E-state index contributed by atoms with van der Waals surface area (Å²) < 4.78 is 68.3. The standard InChI is InChI=1S/C71H138O17P2/c1-9-64(8)50-42-34-25-18-15-16-20-28-38-46-54-71(76)87-66(57-81-68(73)51-43-35-26-22-21-24-32-40-48-62(4)5)59-85-89(77,78)83-55-65(72)56-84-90(79,80)86-60-67(58-82-69(74)52-44-36-30-29-33-41-49-63(6)7)88-70(75)53-45-37-27-19-14-12-10-11-13-17-23-31-39-47-61(2)3/h61-67,72H,9-60H2,1-8H3,(H,77,78)(H,79,80)/t64?,65-,66-,67-/m1/s1. The molecule has 0 saturated carbocycles. The Balaban J connectivity index is 5.24. The van der Waals surface area contributed by atoms with Crippen LogP contribution in [0, 0.1) is 23.7 Å². The van der Waals surface area contributed by atoms with E-state index in [0.29, 0.717) is 31.6 Å². The molecule has 0 aromatic carbocycles. The molecule has 0 fully saturated rings. The quantitative estimate of drug-likeness (QED) is 0.0222. The van der Waals surface area contributed by atoms with E-state index in [2.05, 4.69) is 55.4 Å². The number of aliphatic hydroxyl groups is 1. The monoisotopic (exact) mass is 1320 g/mol. The molecule has 0 saturated heterocycles. The van der Waals surface area contributed by atoms with E-state index in [1.165, 1.54) is 148 Å². The summed E-state index contributed by atoms with van der Waals surface area (Å²) in [6, 6.07) is 0. The van der Waals surface area contributed by atoms with Gasteiger partial charge >= 0.3 is 39.5 Å². The zero-order chi connectivity index (χ0) is 66.8. The van der Waals surface area contributed by atoms with Crippen LogP contribution in [-0.4, -0.2) is 96.7 Å². The highest BCUT2D eigenvalue weighted by atomic mass is 31.2. The SMILES string of the molecule is CCC(C)CCCCCCCCCCCCC(=O)O[C@H](COC(=O)CCCCCCCCCCC(C)C)COP(=O)(O)OC[C@@H](O)COP(=O)(O)OC[C@@H](COC(=O)CCCCCCCCC(C)C)OC(=O)CCCCCCCCCCCCCCCC(C)C. The number of phosphoric ester groups is 2. The van der Waals surface area contributed by atoms with E-state index in [0.717, 1.165) is 114 Å². The van der Waals surface area contributed by atoms with E-state index in [4.69, 9.17) is 37.0 Å². The highest BCUT2D eigenvalue weighted by molar-refractivity contribution is 7.47. The topological polar surface area (TPSA) is 237 Å². The minimum absolute atomic E-state index is 0.105. The number of carbonyl (C=O) groups excluding carboxylic acids is 4. The lowest BCUT2D eigenvalue weighted by molar-refractivity contribution is -0.161. The van der Waals surface area contributed by atoms with E-state index in [9.17, 15) is 43.2 Å². The summed E-state index contributed by atoms with van der Waals surface area (Å²) in [5.74, 6) is 0.865. The Labute approximate surface area is 549 Å². The van der Waals surface area contributed by atoms with Gasteiger partial charge in [0.2, 0.25) is 0 Å². The predicted molar refractivity (Wildman–Crippen MR) is 363 cm³/mol. The van der Waals surface area contributed by atoms with E-state index >= 15 is 0 Å². The fourth-order valence-electron chi connectivity index (χ4n) is 10.6. The van der Waals surface area contributed by atoms with Crippen LogP contribution in [-0.2, 0) is 65.4 Å². The first-order valence-corrected chi connectivity index (χ1v) is 39.7. The molecule has 0 heterocycles. The molecule has 90 heavy (non-hydrogen) atoms. The maximum Gasteiger partial charge on any atom is 0.472 e. The van der Waals surface area contributed by atoms with Gasteiger partial charge in [0.25, 0.3) is 0 Å². The first kappa shape index (κ1) is 88.1. The van der Waals surface area contributed by atoms with Gasteiger partial charge in [0.1, 0.15) is 19.3 Å². The predicted octanol–water partition coefficient (Wildman–Crippen LogP) is 20.1. The normalized spacial score (nSPS) is 14.6. The second-order valence-corrected chi connectivity index (χ2v) is 30.2. The van der Waals surface area contributed by atoms with Crippen molar-refractivity contribution in [3.05, 3.63) is 0 Å². The van der Waals surface area contributed by atoms with Crippen molar-refractivity contribution in [2.45, 2.75) is 369 Å². The third kappa shape index (κ3) is 63.5. The Hall–Kier alpha value is -1.94. The van der Waals surface area contributed by atoms with Crippen molar-refractivity contribution in [1.29, 1.82) is 0 Å². The van der Waals surface area contributed by atoms with Crippen LogP contribution in [0.15, 0.2) is 0 Å². The molecule has 0 aromatic heterocycles. The second kappa shape index (κ2) is 60.7. The van der Waals surface area contributed by atoms with Crippen molar-refractivity contribution in [2.24, 2.45) is 23.7 Å². The Kier molecular flexibility index (Phi) is 59.4. The molecule has 0 bridgehead atoms. The molecule has 19 heteroatoms. The average molecular weight is 1330 g/mol. The summed E-state index contributed by atoms with van der Waals surface area (Å²) in [6.45, 7) is 14.1. The van der Waals surface area contributed by atoms with Gasteiger partial charge in [0.05, 0.1) is 26.4 Å².